The van der Waals surface area contributed by atoms with Crippen LogP contribution in [0, 0.1) is 11.3 Å². The Labute approximate surface area is 145 Å². The molecule has 124 valence electrons. The molecule has 0 spiro atoms. The zero-order valence-electron chi connectivity index (χ0n) is 13.5. The lowest BCUT2D eigenvalue weighted by Crippen LogP contribution is -2.04. The van der Waals surface area contributed by atoms with Crippen molar-refractivity contribution in [3.8, 4) is 11.8 Å². The minimum Gasteiger partial charge on any atom is -0.465 e. The Hall–Kier alpha value is -3.65. The Morgan fingerprint density at radius 2 is 1.76 bits per heavy atom. The maximum atomic E-state index is 11.9. The average Bonchev–Trinajstić information content (AvgIpc) is 2.65. The van der Waals surface area contributed by atoms with Gasteiger partial charge in [0.15, 0.2) is 0 Å². The summed E-state index contributed by atoms with van der Waals surface area (Å²) in [5, 5.41) is 8.97. The van der Waals surface area contributed by atoms with Crippen molar-refractivity contribution in [2.24, 2.45) is 0 Å². The number of hydrogen-bond acceptors (Lipinski definition) is 5. The standard InChI is InChI=1S/C20H15NO4/c1-24-20(23)17(14-21)12-16-8-5-9-18(13-16)25-19(22)11-10-15-6-3-2-4-7-15/h2-13H,1H3/b11-10+,17-12+. The third-order valence-electron chi connectivity index (χ3n) is 3.12. The fourth-order valence-electron chi connectivity index (χ4n) is 1.96. The molecule has 5 heteroatoms. The molecule has 0 saturated carbocycles. The van der Waals surface area contributed by atoms with Crippen LogP contribution in [0.1, 0.15) is 11.1 Å². The molecule has 2 aromatic rings. The minimum absolute atomic E-state index is 0.144. The van der Waals surface area contributed by atoms with E-state index in [1.807, 2.05) is 30.3 Å². The van der Waals surface area contributed by atoms with Gasteiger partial charge in [-0.05, 0) is 35.4 Å². The highest BCUT2D eigenvalue weighted by atomic mass is 16.5. The van der Waals surface area contributed by atoms with E-state index >= 15 is 0 Å². The molecule has 0 aliphatic rings. The molecule has 2 rings (SSSR count). The van der Waals surface area contributed by atoms with E-state index in [1.165, 1.54) is 19.3 Å². The molecule has 0 saturated heterocycles. The topological polar surface area (TPSA) is 76.4 Å². The van der Waals surface area contributed by atoms with Gasteiger partial charge < -0.3 is 9.47 Å². The molecular weight excluding hydrogens is 318 g/mol. The van der Waals surface area contributed by atoms with E-state index in [2.05, 4.69) is 4.74 Å². The number of ether oxygens (including phenoxy) is 2. The van der Waals surface area contributed by atoms with Crippen molar-refractivity contribution in [2.45, 2.75) is 0 Å². The van der Waals surface area contributed by atoms with Crippen LogP contribution in [-0.2, 0) is 14.3 Å². The number of carbonyl (C=O) groups excluding carboxylic acids is 2. The Morgan fingerprint density at radius 3 is 2.44 bits per heavy atom. The number of rotatable bonds is 5. The molecular formula is C20H15NO4. The van der Waals surface area contributed by atoms with Gasteiger partial charge in [0.25, 0.3) is 0 Å². The smallest absolute Gasteiger partial charge is 0.348 e. The van der Waals surface area contributed by atoms with E-state index in [4.69, 9.17) is 10.00 Å². The summed E-state index contributed by atoms with van der Waals surface area (Å²) in [7, 11) is 1.20. The van der Waals surface area contributed by atoms with Crippen LogP contribution < -0.4 is 4.74 Å². The van der Waals surface area contributed by atoms with Crippen molar-refractivity contribution in [2.75, 3.05) is 7.11 Å². The molecule has 25 heavy (non-hydrogen) atoms. The lowest BCUT2D eigenvalue weighted by atomic mass is 10.1. The van der Waals surface area contributed by atoms with Gasteiger partial charge in [0.1, 0.15) is 17.4 Å². The van der Waals surface area contributed by atoms with Crippen LogP contribution in [0.15, 0.2) is 66.2 Å². The third-order valence-corrected chi connectivity index (χ3v) is 3.12. The summed E-state index contributed by atoms with van der Waals surface area (Å²) in [5.74, 6) is -0.951. The molecule has 0 amide bonds. The highest BCUT2D eigenvalue weighted by Gasteiger charge is 2.09. The summed E-state index contributed by atoms with van der Waals surface area (Å²) in [6.45, 7) is 0. The highest BCUT2D eigenvalue weighted by Crippen LogP contribution is 2.17. The van der Waals surface area contributed by atoms with Crippen molar-refractivity contribution in [1.82, 2.24) is 0 Å². The molecule has 5 nitrogen and oxygen atoms in total. The number of esters is 2. The Bertz CT molecular complexity index is 861. The predicted octanol–water partition coefficient (Wildman–Crippen LogP) is 3.39. The van der Waals surface area contributed by atoms with Gasteiger partial charge in [-0.3, -0.25) is 0 Å². The number of methoxy groups -OCH3 is 1. The van der Waals surface area contributed by atoms with E-state index in [1.54, 1.807) is 36.4 Å². The van der Waals surface area contributed by atoms with E-state index < -0.39 is 11.9 Å². The van der Waals surface area contributed by atoms with Crippen LogP contribution in [0.2, 0.25) is 0 Å². The average molecular weight is 333 g/mol. The summed E-state index contributed by atoms with van der Waals surface area (Å²) >= 11 is 0. The van der Waals surface area contributed by atoms with Crippen LogP contribution in [0.4, 0.5) is 0 Å². The highest BCUT2D eigenvalue weighted by molar-refractivity contribution is 5.97. The third kappa shape index (κ3) is 5.48. The van der Waals surface area contributed by atoms with Crippen molar-refractivity contribution in [1.29, 1.82) is 5.26 Å². The van der Waals surface area contributed by atoms with Gasteiger partial charge in [0, 0.05) is 6.08 Å². The fourth-order valence-corrected chi connectivity index (χ4v) is 1.96. The van der Waals surface area contributed by atoms with E-state index in [9.17, 15) is 9.59 Å². The maximum Gasteiger partial charge on any atom is 0.348 e. The molecule has 0 radical (unpaired) electrons. The fraction of sp³-hybridized carbons (Fsp3) is 0.0500. The first kappa shape index (κ1) is 17.7. The number of nitrogens with zero attached hydrogens (tertiary/aromatic N) is 1. The van der Waals surface area contributed by atoms with Gasteiger partial charge in [0.2, 0.25) is 0 Å². The van der Waals surface area contributed by atoms with Crippen LogP contribution in [-0.4, -0.2) is 19.0 Å². The summed E-state index contributed by atoms with van der Waals surface area (Å²) in [5.41, 5.74) is 1.28. The van der Waals surface area contributed by atoms with Crippen LogP contribution in [0.3, 0.4) is 0 Å². The van der Waals surface area contributed by atoms with Gasteiger partial charge in [0.05, 0.1) is 7.11 Å². The second-order valence-corrected chi connectivity index (χ2v) is 4.90. The molecule has 2 aromatic carbocycles. The monoisotopic (exact) mass is 333 g/mol. The van der Waals surface area contributed by atoms with Gasteiger partial charge >= 0.3 is 11.9 Å². The first-order valence-electron chi connectivity index (χ1n) is 7.37. The number of carbonyl (C=O) groups is 2. The first-order valence-corrected chi connectivity index (χ1v) is 7.37. The van der Waals surface area contributed by atoms with Crippen LogP contribution in [0.5, 0.6) is 5.75 Å². The van der Waals surface area contributed by atoms with E-state index in [0.29, 0.717) is 11.3 Å². The molecule has 0 unspecified atom stereocenters. The molecule has 0 N–H and O–H groups in total. The van der Waals surface area contributed by atoms with Crippen LogP contribution in [0.25, 0.3) is 12.2 Å². The zero-order valence-corrected chi connectivity index (χ0v) is 13.5. The Kier molecular flexibility index (Phi) is 6.26. The number of hydrogen-bond donors (Lipinski definition) is 0. The summed E-state index contributed by atoms with van der Waals surface area (Å²) in [6.07, 6.45) is 4.34. The molecule has 0 fully saturated rings. The zero-order chi connectivity index (χ0) is 18.1. The van der Waals surface area contributed by atoms with Gasteiger partial charge in [-0.2, -0.15) is 5.26 Å². The van der Waals surface area contributed by atoms with Crippen molar-refractivity contribution >= 4 is 24.1 Å². The largest absolute Gasteiger partial charge is 0.465 e. The first-order chi connectivity index (χ1) is 12.1. The summed E-state index contributed by atoms with van der Waals surface area (Å²) in [6, 6.07) is 17.6. The molecule has 0 atom stereocenters. The second-order valence-electron chi connectivity index (χ2n) is 4.90. The Balaban J connectivity index is 2.10. The second kappa shape index (κ2) is 8.85. The van der Waals surface area contributed by atoms with E-state index in [0.717, 1.165) is 5.56 Å². The molecule has 0 bridgehead atoms. The van der Waals surface area contributed by atoms with Crippen molar-refractivity contribution in [3.05, 3.63) is 77.4 Å². The normalized spacial score (nSPS) is 11.0. The summed E-state index contributed by atoms with van der Waals surface area (Å²) in [4.78, 5) is 23.3. The molecule has 0 aliphatic heterocycles. The minimum atomic E-state index is -0.726. The maximum absolute atomic E-state index is 11.9. The van der Waals surface area contributed by atoms with Crippen LogP contribution >= 0.6 is 0 Å². The molecule has 0 aromatic heterocycles. The lowest BCUT2D eigenvalue weighted by molar-refractivity contribution is -0.135. The van der Waals surface area contributed by atoms with Gasteiger partial charge in [-0.25, -0.2) is 9.59 Å². The van der Waals surface area contributed by atoms with Gasteiger partial charge in [-0.1, -0.05) is 42.5 Å². The summed E-state index contributed by atoms with van der Waals surface area (Å²) < 4.78 is 9.74. The quantitative estimate of drug-likeness (QED) is 0.363. The molecule has 0 heterocycles. The predicted molar refractivity (Wildman–Crippen MR) is 93.2 cm³/mol. The number of benzene rings is 2. The SMILES string of the molecule is COC(=O)/C(C#N)=C/c1cccc(OC(=O)/C=C/c2ccccc2)c1. The molecule has 0 aliphatic carbocycles. The lowest BCUT2D eigenvalue weighted by Gasteiger charge is -2.03. The number of nitriles is 1. The van der Waals surface area contributed by atoms with Crippen molar-refractivity contribution < 1.29 is 19.1 Å². The van der Waals surface area contributed by atoms with E-state index in [-0.39, 0.29) is 5.57 Å². The van der Waals surface area contributed by atoms with Gasteiger partial charge in [-0.15, -0.1) is 0 Å². The van der Waals surface area contributed by atoms with Crippen molar-refractivity contribution in [3.63, 3.8) is 0 Å². The Morgan fingerprint density at radius 1 is 1.04 bits per heavy atom.